The van der Waals surface area contributed by atoms with Gasteiger partial charge in [-0.1, -0.05) is 29.3 Å². The second-order valence-electron chi connectivity index (χ2n) is 8.76. The van der Waals surface area contributed by atoms with E-state index in [1.54, 1.807) is 24.3 Å². The summed E-state index contributed by atoms with van der Waals surface area (Å²) in [4.78, 5) is 31.0. The summed E-state index contributed by atoms with van der Waals surface area (Å²) in [5.41, 5.74) is 7.15. The second kappa shape index (κ2) is 7.92. The number of hydrogen-bond donors (Lipinski definition) is 2. The van der Waals surface area contributed by atoms with Gasteiger partial charge in [-0.15, -0.1) is 0 Å². The van der Waals surface area contributed by atoms with Crippen molar-refractivity contribution in [3.05, 3.63) is 67.3 Å². The molecule has 2 fully saturated rings. The van der Waals surface area contributed by atoms with Gasteiger partial charge < -0.3 is 20.4 Å². The Morgan fingerprint density at radius 2 is 1.91 bits per heavy atom. The Bertz CT molecular complexity index is 1310. The number of H-pyrrole nitrogens is 1. The van der Waals surface area contributed by atoms with Gasteiger partial charge in [0, 0.05) is 30.2 Å². The summed E-state index contributed by atoms with van der Waals surface area (Å²) in [6, 6.07) is 10.4. The minimum Gasteiger partial charge on any atom is -0.376 e. The van der Waals surface area contributed by atoms with E-state index in [1.807, 2.05) is 19.1 Å². The van der Waals surface area contributed by atoms with Crippen molar-refractivity contribution >= 4 is 39.8 Å². The summed E-state index contributed by atoms with van der Waals surface area (Å²) in [6.07, 6.45) is 1.98. The molecule has 3 N–H and O–H groups in total. The number of hydrogen-bond acceptors (Lipinski definition) is 5. The van der Waals surface area contributed by atoms with Crippen LogP contribution in [0.15, 0.2) is 46.0 Å². The highest BCUT2D eigenvalue weighted by molar-refractivity contribution is 6.43. The van der Waals surface area contributed by atoms with Crippen LogP contribution in [0.1, 0.15) is 19.8 Å². The van der Waals surface area contributed by atoms with Crippen LogP contribution in [-0.2, 0) is 4.74 Å². The summed E-state index contributed by atoms with van der Waals surface area (Å²) >= 11 is 12.3. The van der Waals surface area contributed by atoms with Crippen LogP contribution in [0.3, 0.4) is 0 Å². The molecule has 0 saturated carbocycles. The third kappa shape index (κ3) is 3.35. The zero-order valence-electron chi connectivity index (χ0n) is 17.6. The lowest BCUT2D eigenvalue weighted by atomic mass is 9.73. The van der Waals surface area contributed by atoms with E-state index in [0.29, 0.717) is 17.5 Å². The van der Waals surface area contributed by atoms with Crippen LogP contribution in [0.5, 0.6) is 0 Å². The van der Waals surface area contributed by atoms with Crippen LogP contribution in [0.2, 0.25) is 10.0 Å². The van der Waals surface area contributed by atoms with Crippen LogP contribution in [0.25, 0.3) is 16.6 Å². The van der Waals surface area contributed by atoms with Crippen molar-refractivity contribution < 1.29 is 4.74 Å². The number of fused-ring (bicyclic) bond motifs is 1. The number of ether oxygens (including phenoxy) is 1. The predicted molar refractivity (Wildman–Crippen MR) is 127 cm³/mol. The lowest BCUT2D eigenvalue weighted by Gasteiger charge is -2.42. The minimum absolute atomic E-state index is 0.0328. The zero-order valence-corrected chi connectivity index (χ0v) is 19.1. The maximum absolute atomic E-state index is 13.1. The molecule has 3 heterocycles. The Balaban J connectivity index is 1.48. The number of piperidine rings is 1. The Morgan fingerprint density at radius 1 is 1.16 bits per heavy atom. The standard InChI is InChI=1S/C23H24Cl2N4O3/c1-13-20(26)23(12-32-13)7-9-28(10-8-23)14-5-6-15-17(11-14)27-22(31)29(21(15)30)18-4-2-3-16(24)19(18)25/h2-6,11,13,20H,7-10,12,26H2,1H3,(H,27,31)/t13-,20+/m0/s1. The predicted octanol–water partition coefficient (Wildman–Crippen LogP) is 3.32. The Hall–Kier alpha value is -2.32. The number of aromatic nitrogens is 2. The van der Waals surface area contributed by atoms with Gasteiger partial charge in [-0.2, -0.15) is 0 Å². The number of nitrogens with two attached hydrogens (primary N) is 1. The van der Waals surface area contributed by atoms with E-state index in [9.17, 15) is 9.59 Å². The van der Waals surface area contributed by atoms with Crippen molar-refractivity contribution in [3.63, 3.8) is 0 Å². The van der Waals surface area contributed by atoms with E-state index in [0.717, 1.165) is 36.2 Å². The Morgan fingerprint density at radius 3 is 2.59 bits per heavy atom. The third-order valence-corrected chi connectivity index (χ3v) is 7.83. The fraction of sp³-hybridized carbons (Fsp3) is 0.391. The largest absolute Gasteiger partial charge is 0.376 e. The molecule has 0 amide bonds. The molecule has 2 saturated heterocycles. The normalized spacial score (nSPS) is 22.7. The summed E-state index contributed by atoms with van der Waals surface area (Å²) in [7, 11) is 0. The number of aromatic amines is 1. The first kappa shape index (κ1) is 21.5. The molecule has 0 bridgehead atoms. The summed E-state index contributed by atoms with van der Waals surface area (Å²) in [6.45, 7) is 4.43. The van der Waals surface area contributed by atoms with Gasteiger partial charge in [0.05, 0.1) is 39.3 Å². The van der Waals surface area contributed by atoms with Crippen LogP contribution >= 0.6 is 23.2 Å². The van der Waals surface area contributed by atoms with Crippen molar-refractivity contribution in [1.29, 1.82) is 0 Å². The van der Waals surface area contributed by atoms with Crippen LogP contribution < -0.4 is 21.9 Å². The molecule has 168 valence electrons. The van der Waals surface area contributed by atoms with Gasteiger partial charge in [-0.25, -0.2) is 9.36 Å². The molecule has 0 unspecified atom stereocenters. The van der Waals surface area contributed by atoms with Crippen molar-refractivity contribution in [1.82, 2.24) is 9.55 Å². The van der Waals surface area contributed by atoms with E-state index in [4.69, 9.17) is 33.7 Å². The van der Waals surface area contributed by atoms with Crippen molar-refractivity contribution in [2.45, 2.75) is 31.9 Å². The molecule has 1 spiro atoms. The fourth-order valence-electron chi connectivity index (χ4n) is 4.97. The first-order valence-electron chi connectivity index (χ1n) is 10.7. The molecule has 3 aromatic rings. The number of anilines is 1. The summed E-state index contributed by atoms with van der Waals surface area (Å²) in [5, 5.41) is 0.830. The van der Waals surface area contributed by atoms with Crippen molar-refractivity contribution in [2.24, 2.45) is 11.1 Å². The minimum atomic E-state index is -0.565. The quantitative estimate of drug-likeness (QED) is 0.593. The number of rotatable bonds is 2. The van der Waals surface area contributed by atoms with Gasteiger partial charge in [0.1, 0.15) is 0 Å². The van der Waals surface area contributed by atoms with E-state index in [1.165, 1.54) is 0 Å². The molecule has 7 nitrogen and oxygen atoms in total. The second-order valence-corrected chi connectivity index (χ2v) is 9.55. The molecule has 5 rings (SSSR count). The van der Waals surface area contributed by atoms with E-state index in [-0.39, 0.29) is 33.3 Å². The highest BCUT2D eigenvalue weighted by Gasteiger charge is 2.47. The van der Waals surface area contributed by atoms with Gasteiger partial charge in [0.2, 0.25) is 0 Å². The van der Waals surface area contributed by atoms with Gasteiger partial charge in [-0.05, 0) is 50.1 Å². The topological polar surface area (TPSA) is 93.3 Å². The smallest absolute Gasteiger partial charge is 0.333 e. The van der Waals surface area contributed by atoms with Gasteiger partial charge in [0.15, 0.2) is 0 Å². The number of nitrogens with one attached hydrogen (secondary N) is 1. The van der Waals surface area contributed by atoms with Gasteiger partial charge in [-0.3, -0.25) is 4.79 Å². The van der Waals surface area contributed by atoms with Crippen molar-refractivity contribution in [3.8, 4) is 5.69 Å². The SMILES string of the molecule is C[C@@H]1OCC2(CCN(c3ccc4c(=O)n(-c5cccc(Cl)c5Cl)c(=O)[nH]c4c3)CC2)[C@@H]1N. The number of halogens is 2. The molecule has 2 aliphatic heterocycles. The number of benzene rings is 2. The van der Waals surface area contributed by atoms with Gasteiger partial charge in [0.25, 0.3) is 5.56 Å². The molecule has 32 heavy (non-hydrogen) atoms. The van der Waals surface area contributed by atoms with Crippen LogP contribution in [0, 0.1) is 5.41 Å². The maximum Gasteiger partial charge on any atom is 0.333 e. The zero-order chi connectivity index (χ0) is 22.6. The maximum atomic E-state index is 13.1. The first-order valence-corrected chi connectivity index (χ1v) is 11.4. The van der Waals surface area contributed by atoms with Crippen LogP contribution in [-0.4, -0.2) is 41.4 Å². The van der Waals surface area contributed by atoms with E-state index >= 15 is 0 Å². The number of nitrogens with zero attached hydrogens (tertiary/aromatic N) is 2. The Labute approximate surface area is 194 Å². The fourth-order valence-corrected chi connectivity index (χ4v) is 5.35. The van der Waals surface area contributed by atoms with E-state index < -0.39 is 11.2 Å². The molecule has 2 aliphatic rings. The van der Waals surface area contributed by atoms with Crippen molar-refractivity contribution in [2.75, 3.05) is 24.6 Å². The highest BCUT2D eigenvalue weighted by Crippen LogP contribution is 2.42. The lowest BCUT2D eigenvalue weighted by Crippen LogP contribution is -2.50. The lowest BCUT2D eigenvalue weighted by molar-refractivity contribution is 0.0974. The monoisotopic (exact) mass is 474 g/mol. The molecule has 2 atom stereocenters. The summed E-state index contributed by atoms with van der Waals surface area (Å²) < 4.78 is 6.83. The van der Waals surface area contributed by atoms with E-state index in [2.05, 4.69) is 9.88 Å². The molecule has 0 aliphatic carbocycles. The third-order valence-electron chi connectivity index (χ3n) is 7.02. The van der Waals surface area contributed by atoms with Crippen LogP contribution in [0.4, 0.5) is 5.69 Å². The molecule has 0 radical (unpaired) electrons. The molecular formula is C23H24Cl2N4O3. The Kier molecular flexibility index (Phi) is 5.33. The average molecular weight is 475 g/mol. The summed E-state index contributed by atoms with van der Waals surface area (Å²) in [5.74, 6) is 0. The highest BCUT2D eigenvalue weighted by atomic mass is 35.5. The van der Waals surface area contributed by atoms with Gasteiger partial charge >= 0.3 is 5.69 Å². The molecule has 1 aromatic heterocycles. The first-order chi connectivity index (χ1) is 15.3. The molecular weight excluding hydrogens is 451 g/mol. The molecule has 9 heteroatoms. The average Bonchev–Trinajstić information content (AvgIpc) is 3.05. The molecule has 2 aromatic carbocycles.